The Kier molecular flexibility index (Phi) is 14.7. The Morgan fingerprint density at radius 3 is 1.30 bits per heavy atom. The second-order valence-electron chi connectivity index (χ2n) is 33.5. The number of benzene rings is 17. The maximum absolute atomic E-state index is 6.89. The van der Waals surface area contributed by atoms with Crippen LogP contribution in [0.1, 0.15) is 44.5 Å². The largest absolute Gasteiger partial charge is 0.455 e. The molecular formula is C117H69N7O. The Balaban J connectivity index is 0.502. The number of hydrogen-bond donors (Lipinski definition) is 0. The van der Waals surface area contributed by atoms with Gasteiger partial charge in [-0.05, 0) is 166 Å². The Bertz CT molecular complexity index is 8490. The Labute approximate surface area is 719 Å². The lowest BCUT2D eigenvalue weighted by molar-refractivity contribution is 0.670. The first-order valence-corrected chi connectivity index (χ1v) is 42.8. The van der Waals surface area contributed by atoms with Crippen molar-refractivity contribution >= 4 is 65.6 Å². The lowest BCUT2D eigenvalue weighted by Gasteiger charge is -2.39. The first-order valence-electron chi connectivity index (χ1n) is 42.8. The normalized spacial score (nSPS) is 14.0. The molecule has 8 heterocycles. The summed E-state index contributed by atoms with van der Waals surface area (Å²) < 4.78 is 11.9. The summed E-state index contributed by atoms with van der Waals surface area (Å²) in [6.07, 6.45) is 1.87. The van der Waals surface area contributed by atoms with Crippen LogP contribution >= 0.6 is 0 Å². The van der Waals surface area contributed by atoms with Gasteiger partial charge in [0, 0.05) is 71.9 Å². The number of hydrogen-bond acceptors (Lipinski definition) is 6. The van der Waals surface area contributed by atoms with E-state index in [-0.39, 0.29) is 0 Å². The van der Waals surface area contributed by atoms with Crippen molar-refractivity contribution in [3.8, 4) is 146 Å². The second kappa shape index (κ2) is 26.5. The van der Waals surface area contributed by atoms with Gasteiger partial charge in [-0.15, -0.1) is 0 Å². The fourth-order valence-corrected chi connectivity index (χ4v) is 22.0. The average Bonchev–Trinajstić information content (AvgIpc) is 1.51. The molecule has 27 rings (SSSR count). The molecule has 4 aliphatic rings. The summed E-state index contributed by atoms with van der Waals surface area (Å²) in [5.74, 6) is 1.17. The van der Waals surface area contributed by atoms with E-state index in [0.717, 1.165) is 106 Å². The minimum Gasteiger partial charge on any atom is -0.455 e. The van der Waals surface area contributed by atoms with Crippen LogP contribution in [0.2, 0.25) is 0 Å². The highest BCUT2D eigenvalue weighted by Gasteiger charge is 2.53. The molecule has 578 valence electrons. The van der Waals surface area contributed by atoms with Gasteiger partial charge in [-0.1, -0.05) is 352 Å². The van der Waals surface area contributed by atoms with Crippen LogP contribution < -0.4 is 0 Å². The van der Waals surface area contributed by atoms with E-state index in [4.69, 9.17) is 29.3 Å². The molecule has 0 fully saturated rings. The molecule has 23 aromatic rings. The van der Waals surface area contributed by atoms with Gasteiger partial charge in [-0.2, -0.15) is 0 Å². The molecule has 0 amide bonds. The SMILES string of the molecule is c1ccc(-c2cc(-c3ccc(-c4ccc5c6c4c4ccccc4n6-c4ccccc4C54c5ccccc5-c5ccccc54)cc3)nc(-c3ccc(-c4cccc5c4oc4ccc(-c6ccnc(-c7nc(-c8ccccc8)cc(-c8ccc(-c9cccc%10c9-c9ccccc9C%109c%10ccccc%10-n%10c%11ccccc%11c%11cccc9c%11%10)cc8)n7)c6)cc45)cc3)n2)cc1. The van der Waals surface area contributed by atoms with Crippen molar-refractivity contribution in [3.05, 3.63) is 463 Å². The third-order valence-corrected chi connectivity index (χ3v) is 27.3. The zero-order chi connectivity index (χ0) is 81.7. The van der Waals surface area contributed by atoms with Crippen LogP contribution in [-0.4, -0.2) is 34.1 Å². The lowest BCUT2D eigenvalue weighted by atomic mass is 9.65. The summed E-state index contributed by atoms with van der Waals surface area (Å²) in [6, 6.07) is 150. The van der Waals surface area contributed by atoms with Gasteiger partial charge >= 0.3 is 0 Å². The molecule has 17 aromatic carbocycles. The lowest BCUT2D eigenvalue weighted by Crippen LogP contribution is -2.33. The molecule has 8 nitrogen and oxygen atoms in total. The maximum atomic E-state index is 6.89. The van der Waals surface area contributed by atoms with Crippen LogP contribution in [-0.2, 0) is 10.8 Å². The summed E-state index contributed by atoms with van der Waals surface area (Å²) >= 11 is 0. The summed E-state index contributed by atoms with van der Waals surface area (Å²) in [7, 11) is 0. The van der Waals surface area contributed by atoms with Crippen LogP contribution in [0.4, 0.5) is 0 Å². The Morgan fingerprint density at radius 2 is 0.648 bits per heavy atom. The molecule has 2 aliphatic heterocycles. The van der Waals surface area contributed by atoms with Crippen molar-refractivity contribution in [2.24, 2.45) is 0 Å². The van der Waals surface area contributed by atoms with Crippen LogP contribution in [0.3, 0.4) is 0 Å². The van der Waals surface area contributed by atoms with Crippen LogP contribution in [0, 0.1) is 0 Å². The van der Waals surface area contributed by atoms with Crippen LogP contribution in [0.25, 0.3) is 212 Å². The van der Waals surface area contributed by atoms with E-state index in [1.165, 1.54) is 133 Å². The summed E-state index contributed by atoms with van der Waals surface area (Å²) in [5, 5.41) is 7.04. The maximum Gasteiger partial charge on any atom is 0.179 e. The molecule has 0 saturated heterocycles. The monoisotopic (exact) mass is 1590 g/mol. The van der Waals surface area contributed by atoms with Crippen molar-refractivity contribution in [1.29, 1.82) is 0 Å². The highest BCUT2D eigenvalue weighted by Crippen LogP contribution is 2.65. The van der Waals surface area contributed by atoms with E-state index in [0.29, 0.717) is 17.3 Å². The number of nitrogens with zero attached hydrogens (tertiary/aromatic N) is 7. The molecule has 1 unspecified atom stereocenters. The van der Waals surface area contributed by atoms with Crippen molar-refractivity contribution < 1.29 is 4.42 Å². The van der Waals surface area contributed by atoms with Crippen molar-refractivity contribution in [3.63, 3.8) is 0 Å². The van der Waals surface area contributed by atoms with E-state index in [1.807, 2.05) is 18.3 Å². The Morgan fingerprint density at radius 1 is 0.224 bits per heavy atom. The third kappa shape index (κ3) is 9.84. The number of pyridine rings is 1. The molecule has 6 aromatic heterocycles. The van der Waals surface area contributed by atoms with Gasteiger partial charge in [0.05, 0.1) is 67.0 Å². The van der Waals surface area contributed by atoms with Gasteiger partial charge in [-0.25, -0.2) is 19.9 Å². The first-order chi connectivity index (χ1) is 62.0. The Hall–Kier alpha value is -16.6. The average molecular weight is 1590 g/mol. The van der Waals surface area contributed by atoms with E-state index in [1.54, 1.807) is 0 Å². The molecule has 8 heteroatoms. The van der Waals surface area contributed by atoms with E-state index in [2.05, 4.69) is 410 Å². The highest BCUT2D eigenvalue weighted by atomic mass is 16.3. The summed E-state index contributed by atoms with van der Waals surface area (Å²) in [4.78, 5) is 26.4. The number of furan rings is 1. The molecule has 0 N–H and O–H groups in total. The summed E-state index contributed by atoms with van der Waals surface area (Å²) in [6.45, 7) is 0. The third-order valence-electron chi connectivity index (χ3n) is 27.3. The van der Waals surface area contributed by atoms with E-state index in [9.17, 15) is 0 Å². The standard InChI is InChI=1S/C117H69N7O/c1-3-24-73(25-4-1)99-68-101(75-56-50-71(51-57-75)81-61-62-98-112-110(81)89-32-11-18-45-105(89)124(112)107-47-20-15-40-94(107)116(98)91-37-12-7-28-83(91)84-29-8-13-38-92(84)116)120-114(119-99)77-58-52-72(53-59-77)82-34-21-36-87-90-66-78(60-63-108(90)125-113(82)87)79-64-65-118-103(67-79)115-121-100(74-26-5-2-6-27-74)69-102(122-115)76-54-48-70(49-55-76)80-33-22-42-96-109(80)88-31-9-14-39-93(88)117(96)95-41-16-19-46-106(95)123-104-44-17-10-30-85(104)86-35-23-43-97(117)111(86)123/h1-69H. The second-order valence-corrected chi connectivity index (χ2v) is 33.5. The molecular weight excluding hydrogens is 1520 g/mol. The van der Waals surface area contributed by atoms with Crippen molar-refractivity contribution in [1.82, 2.24) is 34.1 Å². The zero-order valence-corrected chi connectivity index (χ0v) is 67.4. The van der Waals surface area contributed by atoms with Gasteiger partial charge < -0.3 is 13.6 Å². The molecule has 0 radical (unpaired) electrons. The number of rotatable bonds is 10. The van der Waals surface area contributed by atoms with Gasteiger partial charge in [0.1, 0.15) is 16.9 Å². The smallest absolute Gasteiger partial charge is 0.179 e. The van der Waals surface area contributed by atoms with Crippen molar-refractivity contribution in [2.45, 2.75) is 10.8 Å². The molecule has 0 bridgehead atoms. The van der Waals surface area contributed by atoms with Crippen LogP contribution in [0.15, 0.2) is 423 Å². The van der Waals surface area contributed by atoms with Crippen molar-refractivity contribution in [2.75, 3.05) is 0 Å². The van der Waals surface area contributed by atoms with Gasteiger partial charge in [0.15, 0.2) is 11.6 Å². The predicted octanol–water partition coefficient (Wildman–Crippen LogP) is 28.8. The van der Waals surface area contributed by atoms with Gasteiger partial charge in [0.2, 0.25) is 0 Å². The van der Waals surface area contributed by atoms with Gasteiger partial charge in [0.25, 0.3) is 0 Å². The quantitative estimate of drug-likeness (QED) is 0.136. The molecule has 0 saturated carbocycles. The number of fused-ring (bicyclic) bond motifs is 27. The van der Waals surface area contributed by atoms with E-state index >= 15 is 0 Å². The minimum absolute atomic E-state index is 0.510. The summed E-state index contributed by atoms with van der Waals surface area (Å²) in [5.41, 5.74) is 40.9. The fourth-order valence-electron chi connectivity index (χ4n) is 22.0. The molecule has 2 spiro atoms. The predicted molar refractivity (Wildman–Crippen MR) is 507 cm³/mol. The molecule has 1 atom stereocenters. The highest BCUT2D eigenvalue weighted by molar-refractivity contribution is 6.19. The zero-order valence-electron chi connectivity index (χ0n) is 67.4. The first kappa shape index (κ1) is 69.3. The molecule has 2 aliphatic carbocycles. The van der Waals surface area contributed by atoms with Crippen LogP contribution in [0.5, 0.6) is 0 Å². The topological polar surface area (TPSA) is 87.5 Å². The number of aromatic nitrogens is 7. The van der Waals surface area contributed by atoms with E-state index < -0.39 is 10.8 Å². The number of para-hydroxylation sites is 6. The van der Waals surface area contributed by atoms with Gasteiger partial charge in [-0.3, -0.25) is 4.98 Å². The fraction of sp³-hybridized carbons (Fsp3) is 0.0171. The molecule has 125 heavy (non-hydrogen) atoms. The minimum atomic E-state index is -0.553.